The second kappa shape index (κ2) is 6.89. The Morgan fingerprint density at radius 1 is 1.21 bits per heavy atom. The van der Waals surface area contributed by atoms with Gasteiger partial charge in [-0.15, -0.1) is 0 Å². The highest BCUT2D eigenvalue weighted by molar-refractivity contribution is 5.79. The van der Waals surface area contributed by atoms with Crippen molar-refractivity contribution in [3.63, 3.8) is 0 Å². The minimum atomic E-state index is -0.724. The number of likely N-dealkylation sites (tertiary alicyclic amines) is 1. The molecule has 5 heteroatoms. The van der Waals surface area contributed by atoms with Gasteiger partial charge in [0.2, 0.25) is 5.91 Å². The van der Waals surface area contributed by atoms with Crippen molar-refractivity contribution >= 4 is 11.9 Å². The Kier molecular flexibility index (Phi) is 5.19. The number of hydrogen-bond donors (Lipinski definition) is 1. The SMILES string of the molecule is O=C(O)CCC1CCN(C(=O)C2CCCOC2)CC1. The molecule has 108 valence electrons. The molecular formula is C14H23NO4. The van der Waals surface area contributed by atoms with Crippen LogP contribution < -0.4 is 0 Å². The number of piperidine rings is 1. The van der Waals surface area contributed by atoms with Crippen LogP contribution in [0, 0.1) is 11.8 Å². The maximum atomic E-state index is 12.3. The van der Waals surface area contributed by atoms with Gasteiger partial charge in [0.1, 0.15) is 0 Å². The zero-order valence-corrected chi connectivity index (χ0v) is 11.3. The molecule has 2 saturated heterocycles. The smallest absolute Gasteiger partial charge is 0.303 e. The number of carboxylic acids is 1. The Morgan fingerprint density at radius 2 is 1.95 bits per heavy atom. The predicted molar refractivity (Wildman–Crippen MR) is 69.7 cm³/mol. The van der Waals surface area contributed by atoms with Crippen molar-refractivity contribution in [3.05, 3.63) is 0 Å². The molecule has 0 aliphatic carbocycles. The van der Waals surface area contributed by atoms with Crippen molar-refractivity contribution in [1.29, 1.82) is 0 Å². The maximum Gasteiger partial charge on any atom is 0.303 e. The second-order valence-corrected chi connectivity index (χ2v) is 5.62. The number of ether oxygens (including phenoxy) is 1. The minimum Gasteiger partial charge on any atom is -0.481 e. The summed E-state index contributed by atoms with van der Waals surface area (Å²) in [6, 6.07) is 0. The quantitative estimate of drug-likeness (QED) is 0.840. The van der Waals surface area contributed by atoms with Gasteiger partial charge in [0.25, 0.3) is 0 Å². The molecule has 0 aromatic rings. The highest BCUT2D eigenvalue weighted by Gasteiger charge is 2.29. The number of carboxylic acid groups (broad SMARTS) is 1. The van der Waals surface area contributed by atoms with E-state index >= 15 is 0 Å². The van der Waals surface area contributed by atoms with Crippen LogP contribution in [-0.2, 0) is 14.3 Å². The number of nitrogens with zero attached hydrogens (tertiary/aromatic N) is 1. The van der Waals surface area contributed by atoms with Gasteiger partial charge in [-0.25, -0.2) is 0 Å². The molecule has 2 aliphatic rings. The van der Waals surface area contributed by atoms with Gasteiger partial charge in [-0.2, -0.15) is 0 Å². The highest BCUT2D eigenvalue weighted by Crippen LogP contribution is 2.24. The van der Waals surface area contributed by atoms with Crippen molar-refractivity contribution in [2.45, 2.75) is 38.5 Å². The first-order chi connectivity index (χ1) is 9.16. The summed E-state index contributed by atoms with van der Waals surface area (Å²) in [6.45, 7) is 2.90. The van der Waals surface area contributed by atoms with E-state index < -0.39 is 5.97 Å². The molecule has 0 saturated carbocycles. The highest BCUT2D eigenvalue weighted by atomic mass is 16.5. The van der Waals surface area contributed by atoms with E-state index in [2.05, 4.69) is 0 Å². The molecule has 1 unspecified atom stereocenters. The van der Waals surface area contributed by atoms with E-state index in [0.717, 1.165) is 51.8 Å². The van der Waals surface area contributed by atoms with E-state index in [1.165, 1.54) is 0 Å². The van der Waals surface area contributed by atoms with Crippen molar-refractivity contribution in [3.8, 4) is 0 Å². The fourth-order valence-electron chi connectivity index (χ4n) is 2.96. The van der Waals surface area contributed by atoms with Crippen LogP contribution in [0.15, 0.2) is 0 Å². The lowest BCUT2D eigenvalue weighted by atomic mass is 9.91. The summed E-state index contributed by atoms with van der Waals surface area (Å²) in [6.07, 6.45) is 4.78. The maximum absolute atomic E-state index is 12.3. The summed E-state index contributed by atoms with van der Waals surface area (Å²) >= 11 is 0. The van der Waals surface area contributed by atoms with Crippen LogP contribution in [0.25, 0.3) is 0 Å². The first-order valence-electron chi connectivity index (χ1n) is 7.25. The van der Waals surface area contributed by atoms with Crippen LogP contribution in [0.3, 0.4) is 0 Å². The first-order valence-corrected chi connectivity index (χ1v) is 7.25. The fourth-order valence-corrected chi connectivity index (χ4v) is 2.96. The van der Waals surface area contributed by atoms with Crippen molar-refractivity contribution in [2.24, 2.45) is 11.8 Å². The number of rotatable bonds is 4. The molecule has 2 heterocycles. The molecule has 2 rings (SSSR count). The van der Waals surface area contributed by atoms with E-state index in [1.807, 2.05) is 4.90 Å². The van der Waals surface area contributed by atoms with E-state index in [1.54, 1.807) is 0 Å². The number of hydrogen-bond acceptors (Lipinski definition) is 3. The Hall–Kier alpha value is -1.10. The Morgan fingerprint density at radius 3 is 2.53 bits per heavy atom. The van der Waals surface area contributed by atoms with Gasteiger partial charge in [-0.3, -0.25) is 9.59 Å². The van der Waals surface area contributed by atoms with Crippen molar-refractivity contribution < 1.29 is 19.4 Å². The zero-order valence-electron chi connectivity index (χ0n) is 11.3. The third-order valence-corrected chi connectivity index (χ3v) is 4.20. The average molecular weight is 269 g/mol. The second-order valence-electron chi connectivity index (χ2n) is 5.62. The van der Waals surface area contributed by atoms with E-state index in [0.29, 0.717) is 12.5 Å². The summed E-state index contributed by atoms with van der Waals surface area (Å²) in [4.78, 5) is 24.8. The van der Waals surface area contributed by atoms with E-state index in [-0.39, 0.29) is 18.2 Å². The Bertz CT molecular complexity index is 317. The molecule has 1 atom stereocenters. The lowest BCUT2D eigenvalue weighted by Crippen LogP contribution is -2.43. The van der Waals surface area contributed by atoms with Crippen LogP contribution in [0.1, 0.15) is 38.5 Å². The third kappa shape index (κ3) is 4.20. The third-order valence-electron chi connectivity index (χ3n) is 4.20. The largest absolute Gasteiger partial charge is 0.481 e. The van der Waals surface area contributed by atoms with Gasteiger partial charge in [0.15, 0.2) is 0 Å². The van der Waals surface area contributed by atoms with Crippen LogP contribution in [-0.4, -0.2) is 48.2 Å². The molecule has 1 N–H and O–H groups in total. The molecule has 0 aromatic heterocycles. The van der Waals surface area contributed by atoms with Gasteiger partial charge < -0.3 is 14.7 Å². The molecule has 0 radical (unpaired) electrons. The predicted octanol–water partition coefficient (Wildman–Crippen LogP) is 1.52. The molecule has 2 fully saturated rings. The van der Waals surface area contributed by atoms with Crippen molar-refractivity contribution in [2.75, 3.05) is 26.3 Å². The monoisotopic (exact) mass is 269 g/mol. The van der Waals surface area contributed by atoms with Gasteiger partial charge >= 0.3 is 5.97 Å². The summed E-state index contributed by atoms with van der Waals surface area (Å²) in [5.41, 5.74) is 0. The van der Waals surface area contributed by atoms with E-state index in [4.69, 9.17) is 9.84 Å². The molecule has 0 aromatic carbocycles. The minimum absolute atomic E-state index is 0.0457. The number of amides is 1. The summed E-state index contributed by atoms with van der Waals surface area (Å²) in [7, 11) is 0. The van der Waals surface area contributed by atoms with Crippen LogP contribution >= 0.6 is 0 Å². The topological polar surface area (TPSA) is 66.8 Å². The van der Waals surface area contributed by atoms with Gasteiger partial charge in [-0.05, 0) is 38.0 Å². The lowest BCUT2D eigenvalue weighted by molar-refractivity contribution is -0.142. The molecule has 19 heavy (non-hydrogen) atoms. The summed E-state index contributed by atoms with van der Waals surface area (Å²) in [5.74, 6) is 0.0151. The summed E-state index contributed by atoms with van der Waals surface area (Å²) < 4.78 is 5.37. The summed E-state index contributed by atoms with van der Waals surface area (Å²) in [5, 5.41) is 8.68. The molecule has 2 aliphatic heterocycles. The van der Waals surface area contributed by atoms with Crippen LogP contribution in [0.4, 0.5) is 0 Å². The normalized spacial score (nSPS) is 25.3. The Balaban J connectivity index is 1.72. The van der Waals surface area contributed by atoms with E-state index in [9.17, 15) is 9.59 Å². The zero-order chi connectivity index (χ0) is 13.7. The fraction of sp³-hybridized carbons (Fsp3) is 0.857. The van der Waals surface area contributed by atoms with Gasteiger partial charge in [0.05, 0.1) is 12.5 Å². The number of aliphatic carboxylic acids is 1. The van der Waals surface area contributed by atoms with Crippen LogP contribution in [0.2, 0.25) is 0 Å². The van der Waals surface area contributed by atoms with Crippen LogP contribution in [0.5, 0.6) is 0 Å². The number of carbonyl (C=O) groups is 2. The molecule has 0 spiro atoms. The number of carbonyl (C=O) groups excluding carboxylic acids is 1. The average Bonchev–Trinajstić information content (AvgIpc) is 2.46. The van der Waals surface area contributed by atoms with Gasteiger partial charge in [0, 0.05) is 26.1 Å². The van der Waals surface area contributed by atoms with Crippen molar-refractivity contribution in [1.82, 2.24) is 4.90 Å². The molecule has 1 amide bonds. The first kappa shape index (κ1) is 14.3. The molecular weight excluding hydrogens is 246 g/mol. The lowest BCUT2D eigenvalue weighted by Gasteiger charge is -2.35. The molecule has 0 bridgehead atoms. The molecule has 5 nitrogen and oxygen atoms in total. The Labute approximate surface area is 113 Å². The van der Waals surface area contributed by atoms with Gasteiger partial charge in [-0.1, -0.05) is 0 Å². The standard InChI is InChI=1S/C14H23NO4/c16-13(17)4-3-11-5-7-15(8-6-11)14(18)12-2-1-9-19-10-12/h11-12H,1-10H2,(H,16,17).